The van der Waals surface area contributed by atoms with Gasteiger partial charge in [-0.15, -0.1) is 0 Å². The van der Waals surface area contributed by atoms with Crippen molar-refractivity contribution in [2.45, 2.75) is 34.1 Å². The fraction of sp³-hybridized carbons (Fsp3) is 0.909. The van der Waals surface area contributed by atoms with Gasteiger partial charge < -0.3 is 14.9 Å². The second kappa shape index (κ2) is 5.47. The number of hydrogen-bond donors (Lipinski definition) is 2. The third kappa shape index (κ3) is 5.74. The largest absolute Gasteiger partial charge is 0.481 e. The highest BCUT2D eigenvalue weighted by atomic mass is 16.5. The molecule has 0 aliphatic carbocycles. The summed E-state index contributed by atoms with van der Waals surface area (Å²) in [4.78, 5) is 10.9. The molecule has 0 aromatic carbocycles. The van der Waals surface area contributed by atoms with Gasteiger partial charge in [-0.25, -0.2) is 0 Å². The molecule has 0 fully saturated rings. The number of aliphatic hydroxyl groups excluding tert-OH is 1. The van der Waals surface area contributed by atoms with Gasteiger partial charge in [-0.2, -0.15) is 0 Å². The number of ether oxygens (including phenoxy) is 1. The van der Waals surface area contributed by atoms with E-state index in [-0.39, 0.29) is 12.0 Å². The number of hydrogen-bond acceptors (Lipinski definition) is 3. The van der Waals surface area contributed by atoms with Gasteiger partial charge in [0, 0.05) is 0 Å². The Labute approximate surface area is 91.3 Å². The number of aliphatic carboxylic acids is 1. The first-order valence-corrected chi connectivity index (χ1v) is 5.13. The quantitative estimate of drug-likeness (QED) is 0.636. The van der Waals surface area contributed by atoms with Crippen LogP contribution in [0.5, 0.6) is 0 Å². The van der Waals surface area contributed by atoms with Crippen LogP contribution >= 0.6 is 0 Å². The monoisotopic (exact) mass is 218 g/mol. The van der Waals surface area contributed by atoms with E-state index in [1.165, 1.54) is 0 Å². The Morgan fingerprint density at radius 2 is 1.80 bits per heavy atom. The highest BCUT2D eigenvalue weighted by molar-refractivity contribution is 5.73. The summed E-state index contributed by atoms with van der Waals surface area (Å²) in [6, 6.07) is 0. The van der Waals surface area contributed by atoms with E-state index in [0.29, 0.717) is 19.6 Å². The molecule has 0 aromatic heterocycles. The molecule has 90 valence electrons. The molecular formula is C11H22O4. The molecule has 4 heteroatoms. The van der Waals surface area contributed by atoms with E-state index in [9.17, 15) is 4.79 Å². The lowest BCUT2D eigenvalue weighted by molar-refractivity contribution is -0.149. The molecule has 0 saturated heterocycles. The van der Waals surface area contributed by atoms with Gasteiger partial charge in [-0.1, -0.05) is 13.8 Å². The third-order valence-corrected chi connectivity index (χ3v) is 2.23. The fourth-order valence-electron chi connectivity index (χ4n) is 1.74. The predicted octanol–water partition coefficient (Wildman–Crippen LogP) is 1.52. The first-order valence-electron chi connectivity index (χ1n) is 5.13. The summed E-state index contributed by atoms with van der Waals surface area (Å²) in [6.45, 7) is 8.12. The molecular weight excluding hydrogens is 196 g/mol. The lowest BCUT2D eigenvalue weighted by Gasteiger charge is -2.31. The third-order valence-electron chi connectivity index (χ3n) is 2.23. The number of aliphatic hydroxyl groups is 1. The van der Waals surface area contributed by atoms with Crippen LogP contribution in [0.3, 0.4) is 0 Å². The van der Waals surface area contributed by atoms with E-state index in [4.69, 9.17) is 14.9 Å². The molecule has 4 nitrogen and oxygen atoms in total. The van der Waals surface area contributed by atoms with E-state index in [1.807, 2.05) is 13.8 Å². The Bertz CT molecular complexity index is 209. The maximum atomic E-state index is 10.9. The molecule has 0 aliphatic heterocycles. The van der Waals surface area contributed by atoms with Crippen molar-refractivity contribution >= 4 is 5.97 Å². The molecule has 0 aromatic rings. The van der Waals surface area contributed by atoms with Crippen LogP contribution in [0.4, 0.5) is 0 Å². The van der Waals surface area contributed by atoms with Crippen LogP contribution in [0, 0.1) is 10.8 Å². The fourth-order valence-corrected chi connectivity index (χ4v) is 1.74. The van der Waals surface area contributed by atoms with Gasteiger partial charge in [0.25, 0.3) is 0 Å². The van der Waals surface area contributed by atoms with Gasteiger partial charge in [-0.05, 0) is 25.7 Å². The summed E-state index contributed by atoms with van der Waals surface area (Å²) in [6.07, 6.45) is 0.542. The average molecular weight is 218 g/mol. The summed E-state index contributed by atoms with van der Waals surface area (Å²) in [7, 11) is 0. The van der Waals surface area contributed by atoms with E-state index < -0.39 is 11.4 Å². The van der Waals surface area contributed by atoms with Crippen molar-refractivity contribution < 1.29 is 19.7 Å². The van der Waals surface area contributed by atoms with Crippen LogP contribution in [0.25, 0.3) is 0 Å². The van der Waals surface area contributed by atoms with Gasteiger partial charge in [0.15, 0.2) is 0 Å². The molecule has 15 heavy (non-hydrogen) atoms. The highest BCUT2D eigenvalue weighted by Crippen LogP contribution is 2.33. The van der Waals surface area contributed by atoms with Crippen LogP contribution in [0.2, 0.25) is 0 Å². The first-order chi connectivity index (χ1) is 6.71. The summed E-state index contributed by atoms with van der Waals surface area (Å²) >= 11 is 0. The van der Waals surface area contributed by atoms with Crippen LogP contribution in [-0.4, -0.2) is 36.0 Å². The number of carboxylic acids is 1. The van der Waals surface area contributed by atoms with Crippen LogP contribution in [0.15, 0.2) is 0 Å². The predicted molar refractivity (Wildman–Crippen MR) is 57.7 cm³/mol. The molecule has 0 radical (unpaired) electrons. The topological polar surface area (TPSA) is 66.8 Å². The molecule has 2 N–H and O–H groups in total. The lowest BCUT2D eigenvalue weighted by Crippen LogP contribution is -2.33. The maximum absolute atomic E-state index is 10.9. The minimum absolute atomic E-state index is 0.00158. The Balaban J connectivity index is 4.18. The number of carboxylic acid groups (broad SMARTS) is 1. The molecule has 0 saturated carbocycles. The van der Waals surface area contributed by atoms with E-state index in [1.54, 1.807) is 13.8 Å². The molecule has 0 bridgehead atoms. The second-order valence-corrected chi connectivity index (χ2v) is 5.31. The second-order valence-electron chi connectivity index (χ2n) is 5.31. The van der Waals surface area contributed by atoms with Gasteiger partial charge >= 0.3 is 5.97 Å². The molecule has 0 unspecified atom stereocenters. The standard InChI is InChI=1S/C11H22O4/c1-10(2,8-15-6-5-12)7-11(3,4)9(13)14/h12H,5-8H2,1-4H3,(H,13,14). The van der Waals surface area contributed by atoms with Gasteiger partial charge in [0.2, 0.25) is 0 Å². The first kappa shape index (κ1) is 14.4. The van der Waals surface area contributed by atoms with Gasteiger partial charge in [-0.3, -0.25) is 4.79 Å². The van der Waals surface area contributed by atoms with E-state index in [0.717, 1.165) is 0 Å². The number of carbonyl (C=O) groups is 1. The molecule has 0 heterocycles. The van der Waals surface area contributed by atoms with Crippen molar-refractivity contribution in [3.63, 3.8) is 0 Å². The van der Waals surface area contributed by atoms with E-state index >= 15 is 0 Å². The lowest BCUT2D eigenvalue weighted by atomic mass is 9.75. The van der Waals surface area contributed by atoms with Crippen molar-refractivity contribution in [3.8, 4) is 0 Å². The zero-order valence-corrected chi connectivity index (χ0v) is 10.0. The summed E-state index contributed by atoms with van der Waals surface area (Å²) in [5.41, 5.74) is -0.941. The Morgan fingerprint density at radius 1 is 1.27 bits per heavy atom. The van der Waals surface area contributed by atoms with Crippen molar-refractivity contribution in [1.29, 1.82) is 0 Å². The van der Waals surface area contributed by atoms with Gasteiger partial charge in [0.05, 0.1) is 25.2 Å². The van der Waals surface area contributed by atoms with Crippen molar-refractivity contribution in [3.05, 3.63) is 0 Å². The molecule has 0 spiro atoms. The smallest absolute Gasteiger partial charge is 0.309 e. The average Bonchev–Trinajstić information content (AvgIpc) is 2.01. The van der Waals surface area contributed by atoms with Crippen molar-refractivity contribution in [2.24, 2.45) is 10.8 Å². The number of rotatable bonds is 7. The Kier molecular flexibility index (Phi) is 5.24. The molecule has 0 amide bonds. The Hall–Kier alpha value is -0.610. The van der Waals surface area contributed by atoms with Crippen molar-refractivity contribution in [2.75, 3.05) is 19.8 Å². The van der Waals surface area contributed by atoms with E-state index in [2.05, 4.69) is 0 Å². The van der Waals surface area contributed by atoms with Crippen LogP contribution in [-0.2, 0) is 9.53 Å². The molecule has 0 atom stereocenters. The zero-order valence-electron chi connectivity index (χ0n) is 10.0. The summed E-state index contributed by atoms with van der Waals surface area (Å²) in [5, 5.41) is 17.6. The van der Waals surface area contributed by atoms with Crippen molar-refractivity contribution in [1.82, 2.24) is 0 Å². The Morgan fingerprint density at radius 3 is 2.20 bits per heavy atom. The minimum atomic E-state index is -0.794. The van der Waals surface area contributed by atoms with Gasteiger partial charge in [0.1, 0.15) is 0 Å². The van der Waals surface area contributed by atoms with Crippen LogP contribution in [0.1, 0.15) is 34.1 Å². The summed E-state index contributed by atoms with van der Waals surface area (Å²) < 4.78 is 5.23. The SMILES string of the molecule is CC(C)(COCCO)CC(C)(C)C(=O)O. The summed E-state index contributed by atoms with van der Waals surface area (Å²) in [5.74, 6) is -0.794. The minimum Gasteiger partial charge on any atom is -0.481 e. The zero-order chi connectivity index (χ0) is 12.1. The highest BCUT2D eigenvalue weighted by Gasteiger charge is 2.34. The normalized spacial score (nSPS) is 12.9. The molecule has 0 aliphatic rings. The van der Waals surface area contributed by atoms with Crippen LogP contribution < -0.4 is 0 Å². The maximum Gasteiger partial charge on any atom is 0.309 e. The molecule has 0 rings (SSSR count).